The highest BCUT2D eigenvalue weighted by Crippen LogP contribution is 2.36. The predicted molar refractivity (Wildman–Crippen MR) is 97.2 cm³/mol. The van der Waals surface area contributed by atoms with E-state index in [4.69, 9.17) is 12.2 Å². The van der Waals surface area contributed by atoms with E-state index in [9.17, 15) is 9.50 Å². The second-order valence-corrected chi connectivity index (χ2v) is 5.36. The first-order valence-corrected chi connectivity index (χ1v) is 7.43. The SMILES string of the molecule is C=Cc1ccc2[nH]c(O)c(N=NC(=S)Nc3ccc(F)cc3)c2c1. The van der Waals surface area contributed by atoms with Gasteiger partial charge in [-0.2, -0.15) is 0 Å². The third-order valence-electron chi connectivity index (χ3n) is 3.35. The summed E-state index contributed by atoms with van der Waals surface area (Å²) in [5, 5.41) is 21.5. The number of H-pyrrole nitrogens is 1. The summed E-state index contributed by atoms with van der Waals surface area (Å²) in [6.07, 6.45) is 1.70. The third-order valence-corrected chi connectivity index (χ3v) is 3.53. The minimum Gasteiger partial charge on any atom is -0.493 e. The van der Waals surface area contributed by atoms with E-state index in [1.54, 1.807) is 6.08 Å². The number of benzene rings is 2. The number of azo groups is 1. The molecule has 1 aromatic heterocycles. The van der Waals surface area contributed by atoms with Crippen LogP contribution in [0, 0.1) is 5.82 Å². The first kappa shape index (κ1) is 15.8. The van der Waals surface area contributed by atoms with E-state index < -0.39 is 0 Å². The van der Waals surface area contributed by atoms with Crippen LogP contribution >= 0.6 is 12.2 Å². The normalized spacial score (nSPS) is 11.0. The Morgan fingerprint density at radius 1 is 1.25 bits per heavy atom. The molecule has 0 bridgehead atoms. The second kappa shape index (κ2) is 6.59. The van der Waals surface area contributed by atoms with Crippen LogP contribution in [0.2, 0.25) is 0 Å². The fourth-order valence-electron chi connectivity index (χ4n) is 2.19. The topological polar surface area (TPSA) is 72.8 Å². The number of anilines is 1. The zero-order valence-corrected chi connectivity index (χ0v) is 13.3. The van der Waals surface area contributed by atoms with E-state index in [0.29, 0.717) is 11.1 Å². The molecule has 0 aliphatic carbocycles. The van der Waals surface area contributed by atoms with E-state index >= 15 is 0 Å². The van der Waals surface area contributed by atoms with E-state index in [2.05, 4.69) is 27.1 Å². The van der Waals surface area contributed by atoms with Crippen LogP contribution in [0.25, 0.3) is 17.0 Å². The van der Waals surface area contributed by atoms with Crippen LogP contribution < -0.4 is 5.32 Å². The lowest BCUT2D eigenvalue weighted by Crippen LogP contribution is -2.04. The summed E-state index contributed by atoms with van der Waals surface area (Å²) in [5.41, 5.74) is 2.50. The van der Waals surface area contributed by atoms with Gasteiger partial charge in [0.15, 0.2) is 5.69 Å². The molecule has 0 amide bonds. The Balaban J connectivity index is 1.84. The van der Waals surface area contributed by atoms with Crippen molar-refractivity contribution in [1.82, 2.24) is 4.98 Å². The molecule has 0 aliphatic heterocycles. The molecule has 0 radical (unpaired) electrons. The molecule has 0 atom stereocenters. The monoisotopic (exact) mass is 340 g/mol. The van der Waals surface area contributed by atoms with Gasteiger partial charge in [0.05, 0.1) is 5.52 Å². The summed E-state index contributed by atoms with van der Waals surface area (Å²) in [4.78, 5) is 2.82. The lowest BCUT2D eigenvalue weighted by Gasteiger charge is -2.02. The van der Waals surface area contributed by atoms with Crippen LogP contribution in [-0.2, 0) is 0 Å². The molecule has 24 heavy (non-hydrogen) atoms. The van der Waals surface area contributed by atoms with Gasteiger partial charge in [-0.25, -0.2) is 4.39 Å². The summed E-state index contributed by atoms with van der Waals surface area (Å²) < 4.78 is 12.9. The molecule has 7 heteroatoms. The van der Waals surface area contributed by atoms with Gasteiger partial charge >= 0.3 is 0 Å². The van der Waals surface area contributed by atoms with Gasteiger partial charge in [-0.1, -0.05) is 18.7 Å². The molecule has 2 aromatic carbocycles. The van der Waals surface area contributed by atoms with Gasteiger partial charge in [-0.15, -0.1) is 10.2 Å². The van der Waals surface area contributed by atoms with Gasteiger partial charge < -0.3 is 15.4 Å². The van der Waals surface area contributed by atoms with Crippen LogP contribution in [0.5, 0.6) is 5.88 Å². The Morgan fingerprint density at radius 3 is 2.71 bits per heavy atom. The molecular weight excluding hydrogens is 327 g/mol. The zero-order chi connectivity index (χ0) is 17.1. The smallest absolute Gasteiger partial charge is 0.218 e. The minimum atomic E-state index is -0.338. The molecular formula is C17H13FN4OS. The molecule has 3 aromatic rings. The number of halogens is 1. The fraction of sp³-hybridized carbons (Fsp3) is 0. The number of aromatic amines is 1. The van der Waals surface area contributed by atoms with Gasteiger partial charge in [0.25, 0.3) is 0 Å². The Hall–Kier alpha value is -3.06. The number of rotatable bonds is 3. The van der Waals surface area contributed by atoms with Crippen molar-refractivity contribution in [3.8, 4) is 5.88 Å². The molecule has 1 heterocycles. The molecule has 0 aliphatic rings. The number of nitrogens with one attached hydrogen (secondary N) is 2. The first-order chi connectivity index (χ1) is 11.6. The second-order valence-electron chi connectivity index (χ2n) is 4.97. The van der Waals surface area contributed by atoms with Gasteiger partial charge in [-0.3, -0.25) is 0 Å². The fourth-order valence-corrected chi connectivity index (χ4v) is 2.35. The lowest BCUT2D eigenvalue weighted by molar-refractivity contribution is 0.459. The van der Waals surface area contributed by atoms with Crippen LogP contribution in [-0.4, -0.2) is 15.2 Å². The van der Waals surface area contributed by atoms with E-state index in [-0.39, 0.29) is 22.5 Å². The van der Waals surface area contributed by atoms with Gasteiger partial charge in [0.2, 0.25) is 11.0 Å². The maximum Gasteiger partial charge on any atom is 0.218 e. The van der Waals surface area contributed by atoms with Crippen molar-refractivity contribution in [3.05, 3.63) is 60.4 Å². The van der Waals surface area contributed by atoms with Gasteiger partial charge in [-0.05, 0) is 54.2 Å². The van der Waals surface area contributed by atoms with Crippen molar-refractivity contribution >= 4 is 45.7 Å². The quantitative estimate of drug-likeness (QED) is 0.457. The molecule has 120 valence electrons. The maximum atomic E-state index is 12.9. The molecule has 5 nitrogen and oxygen atoms in total. The van der Waals surface area contributed by atoms with Crippen LogP contribution in [0.15, 0.2) is 59.3 Å². The Kier molecular flexibility index (Phi) is 4.35. The number of aromatic hydroxyl groups is 1. The largest absolute Gasteiger partial charge is 0.493 e. The number of hydrogen-bond donors (Lipinski definition) is 3. The van der Waals surface area contributed by atoms with Crippen LogP contribution in [0.3, 0.4) is 0 Å². The third kappa shape index (κ3) is 3.31. The number of fused-ring (bicyclic) bond motifs is 1. The standard InChI is InChI=1S/C17H13FN4OS/c1-2-10-3-8-14-13(9-10)15(16(23)20-14)21-22-17(24)19-12-6-4-11(18)5-7-12/h2-9,20,23H,1H2,(H,19,24). The highest BCUT2D eigenvalue weighted by molar-refractivity contribution is 7.80. The predicted octanol–water partition coefficient (Wildman–Crippen LogP) is 5.14. The zero-order valence-electron chi connectivity index (χ0n) is 12.5. The van der Waals surface area contributed by atoms with Crippen molar-refractivity contribution < 1.29 is 9.50 Å². The number of nitrogens with zero attached hydrogens (tertiary/aromatic N) is 2. The van der Waals surface area contributed by atoms with Crippen molar-refractivity contribution in [1.29, 1.82) is 0 Å². The summed E-state index contributed by atoms with van der Waals surface area (Å²) in [6, 6.07) is 11.2. The maximum absolute atomic E-state index is 12.9. The average molecular weight is 340 g/mol. The summed E-state index contributed by atoms with van der Waals surface area (Å²) in [6.45, 7) is 3.72. The van der Waals surface area contributed by atoms with E-state index in [1.165, 1.54) is 24.3 Å². The van der Waals surface area contributed by atoms with E-state index in [0.717, 1.165) is 11.1 Å². The van der Waals surface area contributed by atoms with Crippen molar-refractivity contribution in [2.24, 2.45) is 10.2 Å². The molecule has 0 saturated heterocycles. The number of thiocarbonyl (C=S) groups is 1. The molecule has 0 spiro atoms. The minimum absolute atomic E-state index is 0.0928. The van der Waals surface area contributed by atoms with Crippen LogP contribution in [0.1, 0.15) is 5.56 Å². The van der Waals surface area contributed by atoms with Crippen molar-refractivity contribution in [2.45, 2.75) is 0 Å². The average Bonchev–Trinajstić information content (AvgIpc) is 2.89. The van der Waals surface area contributed by atoms with Crippen molar-refractivity contribution in [3.63, 3.8) is 0 Å². The summed E-state index contributed by atoms with van der Waals surface area (Å²) in [5.74, 6) is -0.436. The molecule has 0 unspecified atom stereocenters. The highest BCUT2D eigenvalue weighted by Gasteiger charge is 2.10. The van der Waals surface area contributed by atoms with Crippen molar-refractivity contribution in [2.75, 3.05) is 5.32 Å². The summed E-state index contributed by atoms with van der Waals surface area (Å²) in [7, 11) is 0. The molecule has 0 saturated carbocycles. The Morgan fingerprint density at radius 2 is 2.00 bits per heavy atom. The summed E-state index contributed by atoms with van der Waals surface area (Å²) >= 11 is 5.08. The molecule has 0 fully saturated rings. The first-order valence-electron chi connectivity index (χ1n) is 7.02. The number of hydrogen-bond acceptors (Lipinski definition) is 3. The van der Waals surface area contributed by atoms with E-state index in [1.807, 2.05) is 18.2 Å². The van der Waals surface area contributed by atoms with Crippen LogP contribution in [0.4, 0.5) is 15.8 Å². The molecule has 3 rings (SSSR count). The Bertz CT molecular complexity index is 947. The Labute approximate surface area is 142 Å². The lowest BCUT2D eigenvalue weighted by atomic mass is 10.1. The van der Waals surface area contributed by atoms with Gasteiger partial charge in [0.1, 0.15) is 5.82 Å². The molecule has 3 N–H and O–H groups in total. The number of aromatic nitrogens is 1. The highest BCUT2D eigenvalue weighted by atomic mass is 32.1. The van der Waals surface area contributed by atoms with Gasteiger partial charge in [0, 0.05) is 11.1 Å².